The minimum absolute atomic E-state index is 0.0484. The van der Waals surface area contributed by atoms with Crippen LogP contribution in [-0.2, 0) is 0 Å². The smallest absolute Gasteiger partial charge is 0.255 e. The number of hydrogen-bond acceptors (Lipinski definition) is 6. The Morgan fingerprint density at radius 2 is 1.97 bits per heavy atom. The van der Waals surface area contributed by atoms with E-state index in [1.54, 1.807) is 23.1 Å². The summed E-state index contributed by atoms with van der Waals surface area (Å²) in [5.41, 5.74) is 0.964. The van der Waals surface area contributed by atoms with Gasteiger partial charge in [0, 0.05) is 29.9 Å². The Morgan fingerprint density at radius 3 is 2.63 bits per heavy atom. The molecule has 1 amide bonds. The highest BCUT2D eigenvalue weighted by Gasteiger charge is 2.27. The molecule has 3 rings (SSSR count). The van der Waals surface area contributed by atoms with Gasteiger partial charge in [0.05, 0.1) is 29.6 Å². The number of anilines is 1. The summed E-state index contributed by atoms with van der Waals surface area (Å²) < 4.78 is 15.6. The van der Waals surface area contributed by atoms with Crippen molar-refractivity contribution in [3.05, 3.63) is 41.9 Å². The molecular weight excluding hydrogens is 387 g/mol. The maximum atomic E-state index is 14.0. The van der Waals surface area contributed by atoms with Crippen LogP contribution in [0.3, 0.4) is 0 Å². The summed E-state index contributed by atoms with van der Waals surface area (Å²) in [7, 11) is 0. The molecule has 3 aromatic heterocycles. The second-order valence-corrected chi connectivity index (χ2v) is 8.20. The molecule has 1 atom stereocenters. The normalized spacial score (nSPS) is 12.9. The molecule has 3 heterocycles. The fourth-order valence-electron chi connectivity index (χ4n) is 2.90. The Kier molecular flexibility index (Phi) is 6.02. The summed E-state index contributed by atoms with van der Waals surface area (Å²) >= 11 is 0. The average Bonchev–Trinajstić information content (AvgIpc) is 3.07. The van der Waals surface area contributed by atoms with E-state index < -0.39 is 17.7 Å². The van der Waals surface area contributed by atoms with Crippen LogP contribution in [0.25, 0.3) is 16.9 Å². The van der Waals surface area contributed by atoms with Gasteiger partial charge < -0.3 is 15.7 Å². The Labute approximate surface area is 174 Å². The molecule has 0 bridgehead atoms. The molecule has 0 saturated carbocycles. The monoisotopic (exact) mass is 414 g/mol. The highest BCUT2D eigenvalue weighted by molar-refractivity contribution is 5.99. The number of aromatic nitrogens is 4. The second kappa shape index (κ2) is 8.35. The summed E-state index contributed by atoms with van der Waals surface area (Å²) in [5, 5.41) is 20.7. The number of aryl methyl sites for hydroxylation is 1. The zero-order chi connectivity index (χ0) is 22.1. The molecule has 160 valence electrons. The summed E-state index contributed by atoms with van der Waals surface area (Å²) in [6.45, 7) is 8.26. The zero-order valence-corrected chi connectivity index (χ0v) is 17.8. The molecular formula is C21H27FN6O2. The first-order valence-electron chi connectivity index (χ1n) is 9.78. The molecule has 0 radical (unpaired) electrons. The van der Waals surface area contributed by atoms with E-state index in [0.29, 0.717) is 17.2 Å². The van der Waals surface area contributed by atoms with Crippen molar-refractivity contribution in [2.24, 2.45) is 0 Å². The minimum atomic E-state index is -1.60. The first-order valence-corrected chi connectivity index (χ1v) is 9.78. The summed E-state index contributed by atoms with van der Waals surface area (Å²) in [5.74, 6) is 0.0177. The van der Waals surface area contributed by atoms with Crippen LogP contribution in [0, 0.1) is 6.92 Å². The Bertz CT molecular complexity index is 1060. The molecule has 0 aliphatic heterocycles. The van der Waals surface area contributed by atoms with Crippen LogP contribution in [0.4, 0.5) is 10.1 Å². The summed E-state index contributed by atoms with van der Waals surface area (Å²) in [4.78, 5) is 21.5. The van der Waals surface area contributed by atoms with Crippen molar-refractivity contribution >= 4 is 22.6 Å². The van der Waals surface area contributed by atoms with Crippen LogP contribution >= 0.6 is 0 Å². The van der Waals surface area contributed by atoms with Crippen molar-refractivity contribution in [2.45, 2.75) is 52.4 Å². The van der Waals surface area contributed by atoms with Gasteiger partial charge in [-0.3, -0.25) is 4.79 Å². The van der Waals surface area contributed by atoms with Gasteiger partial charge in [0.25, 0.3) is 5.91 Å². The number of alkyl halides is 1. The number of carbonyl (C=O) groups is 1. The second-order valence-electron chi connectivity index (χ2n) is 8.20. The lowest BCUT2D eigenvalue weighted by molar-refractivity contribution is -0.00177. The number of carbonyl (C=O) groups excluding carboxylic acids is 1. The molecule has 0 aliphatic rings. The quantitative estimate of drug-likeness (QED) is 0.549. The lowest BCUT2D eigenvalue weighted by atomic mass is 10.0. The highest BCUT2D eigenvalue weighted by atomic mass is 19.1. The molecule has 0 saturated heterocycles. The average molecular weight is 414 g/mol. The van der Waals surface area contributed by atoms with E-state index in [1.807, 2.05) is 26.8 Å². The largest absolute Gasteiger partial charge is 0.387 e. The number of pyridine rings is 2. The molecule has 0 aliphatic carbocycles. The highest BCUT2D eigenvalue weighted by Crippen LogP contribution is 2.22. The molecule has 0 unspecified atom stereocenters. The number of nitrogens with zero attached hydrogens (tertiary/aromatic N) is 4. The molecule has 8 nitrogen and oxygen atoms in total. The van der Waals surface area contributed by atoms with Gasteiger partial charge in [-0.2, -0.15) is 9.78 Å². The van der Waals surface area contributed by atoms with E-state index in [2.05, 4.69) is 25.7 Å². The SMILES string of the molecule is Cc1cnc2c(cnn2-c2cc(NC(C)C)c(C(=O)NC[C@@H](F)C(C)(C)O)cn2)c1. The van der Waals surface area contributed by atoms with Crippen LogP contribution in [0.2, 0.25) is 0 Å². The van der Waals surface area contributed by atoms with Crippen molar-refractivity contribution in [2.75, 3.05) is 11.9 Å². The molecule has 9 heteroatoms. The topological polar surface area (TPSA) is 105 Å². The summed E-state index contributed by atoms with van der Waals surface area (Å²) in [6.07, 6.45) is 3.30. The van der Waals surface area contributed by atoms with Gasteiger partial charge in [-0.25, -0.2) is 14.4 Å². The van der Waals surface area contributed by atoms with Crippen LogP contribution in [-0.4, -0.2) is 55.1 Å². The number of nitrogens with one attached hydrogen (secondary N) is 2. The van der Waals surface area contributed by atoms with E-state index in [1.165, 1.54) is 20.0 Å². The first-order chi connectivity index (χ1) is 14.1. The van der Waals surface area contributed by atoms with Crippen molar-refractivity contribution in [1.29, 1.82) is 0 Å². The van der Waals surface area contributed by atoms with E-state index in [9.17, 15) is 14.3 Å². The van der Waals surface area contributed by atoms with Crippen LogP contribution in [0.15, 0.2) is 30.7 Å². The third kappa shape index (κ3) is 4.73. The van der Waals surface area contributed by atoms with Gasteiger partial charge in [-0.1, -0.05) is 0 Å². The maximum Gasteiger partial charge on any atom is 0.255 e. The predicted octanol–water partition coefficient (Wildman–Crippen LogP) is 2.78. The predicted molar refractivity (Wildman–Crippen MR) is 114 cm³/mol. The molecule has 0 aromatic carbocycles. The molecule has 3 N–H and O–H groups in total. The van der Waals surface area contributed by atoms with E-state index in [-0.39, 0.29) is 18.2 Å². The lowest BCUT2D eigenvalue weighted by Crippen LogP contribution is -2.42. The number of fused-ring (bicyclic) bond motifs is 1. The first kappa shape index (κ1) is 21.6. The fourth-order valence-corrected chi connectivity index (χ4v) is 2.90. The molecule has 30 heavy (non-hydrogen) atoms. The van der Waals surface area contributed by atoms with Gasteiger partial charge in [-0.15, -0.1) is 0 Å². The van der Waals surface area contributed by atoms with Gasteiger partial charge in [0.2, 0.25) is 0 Å². The maximum absolute atomic E-state index is 14.0. The number of amides is 1. The van der Waals surface area contributed by atoms with E-state index in [0.717, 1.165) is 10.9 Å². The fraction of sp³-hybridized carbons (Fsp3) is 0.429. The number of aliphatic hydroxyl groups is 1. The minimum Gasteiger partial charge on any atom is -0.387 e. The summed E-state index contributed by atoms with van der Waals surface area (Å²) in [6, 6.07) is 3.75. The zero-order valence-electron chi connectivity index (χ0n) is 17.8. The Morgan fingerprint density at radius 1 is 1.23 bits per heavy atom. The molecule has 0 spiro atoms. The van der Waals surface area contributed by atoms with Gasteiger partial charge >= 0.3 is 0 Å². The molecule has 3 aromatic rings. The van der Waals surface area contributed by atoms with Gasteiger partial charge in [-0.05, 0) is 46.2 Å². The number of halogens is 1. The van der Waals surface area contributed by atoms with Crippen molar-refractivity contribution in [3.8, 4) is 5.82 Å². The van der Waals surface area contributed by atoms with Crippen molar-refractivity contribution in [1.82, 2.24) is 25.1 Å². The van der Waals surface area contributed by atoms with Crippen LogP contribution < -0.4 is 10.6 Å². The third-order valence-electron chi connectivity index (χ3n) is 4.55. The van der Waals surface area contributed by atoms with Crippen molar-refractivity contribution < 1.29 is 14.3 Å². The lowest BCUT2D eigenvalue weighted by Gasteiger charge is -2.23. The number of hydrogen-bond donors (Lipinski definition) is 3. The van der Waals surface area contributed by atoms with Crippen LogP contribution in [0.5, 0.6) is 0 Å². The molecule has 0 fully saturated rings. The van der Waals surface area contributed by atoms with E-state index in [4.69, 9.17) is 0 Å². The number of rotatable bonds is 7. The van der Waals surface area contributed by atoms with Crippen molar-refractivity contribution in [3.63, 3.8) is 0 Å². The van der Waals surface area contributed by atoms with E-state index >= 15 is 0 Å². The Balaban J connectivity index is 1.92. The van der Waals surface area contributed by atoms with Gasteiger partial charge in [0.1, 0.15) is 6.17 Å². The third-order valence-corrected chi connectivity index (χ3v) is 4.55. The Hall–Kier alpha value is -3.07. The standard InChI is InChI=1S/C21H27FN6O2/c1-12(2)27-16-7-18(28-19-14(9-26-28)6-13(3)8-24-19)23-10-15(16)20(29)25-11-17(22)21(4,5)30/h6-10,12,17,30H,11H2,1-5H3,(H,23,27)(H,25,29)/t17-/m1/s1. The van der Waals surface area contributed by atoms with Crippen LogP contribution in [0.1, 0.15) is 43.6 Å². The van der Waals surface area contributed by atoms with Gasteiger partial charge in [0.15, 0.2) is 11.5 Å².